The Labute approximate surface area is 148 Å². The molecule has 3 rings (SSSR count). The molecular formula is C20H26N4O. The zero-order chi connectivity index (χ0) is 17.8. The van der Waals surface area contributed by atoms with E-state index in [0.29, 0.717) is 18.9 Å². The predicted octanol–water partition coefficient (Wildman–Crippen LogP) is 3.39. The summed E-state index contributed by atoms with van der Waals surface area (Å²) in [5.74, 6) is 0.798. The number of rotatable bonds is 7. The minimum absolute atomic E-state index is 0.0955. The van der Waals surface area contributed by atoms with Crippen molar-refractivity contribution in [2.75, 3.05) is 6.54 Å². The van der Waals surface area contributed by atoms with Gasteiger partial charge in [0.05, 0.1) is 0 Å². The van der Waals surface area contributed by atoms with Crippen LogP contribution in [0.15, 0.2) is 42.7 Å². The van der Waals surface area contributed by atoms with Gasteiger partial charge in [-0.2, -0.15) is 5.10 Å². The Bertz CT molecular complexity index is 846. The smallest absolute Gasteiger partial charge is 0.220 e. The lowest BCUT2D eigenvalue weighted by atomic mass is 9.92. The van der Waals surface area contributed by atoms with E-state index in [9.17, 15) is 4.79 Å². The van der Waals surface area contributed by atoms with Gasteiger partial charge in [0, 0.05) is 54.9 Å². The van der Waals surface area contributed by atoms with Crippen LogP contribution in [-0.2, 0) is 18.3 Å². The molecule has 0 fully saturated rings. The predicted molar refractivity (Wildman–Crippen MR) is 100 cm³/mol. The van der Waals surface area contributed by atoms with Gasteiger partial charge in [0.1, 0.15) is 0 Å². The molecule has 1 atom stereocenters. The molecule has 1 aromatic carbocycles. The van der Waals surface area contributed by atoms with Crippen molar-refractivity contribution in [3.8, 4) is 0 Å². The number of H-pyrrole nitrogens is 1. The highest BCUT2D eigenvalue weighted by atomic mass is 16.1. The van der Waals surface area contributed by atoms with Gasteiger partial charge in [-0.1, -0.05) is 32.0 Å². The van der Waals surface area contributed by atoms with Crippen LogP contribution in [0, 0.1) is 5.92 Å². The molecule has 3 aromatic rings. The zero-order valence-corrected chi connectivity index (χ0v) is 15.1. The summed E-state index contributed by atoms with van der Waals surface area (Å²) in [6.45, 7) is 5.00. The molecule has 0 saturated carbocycles. The van der Waals surface area contributed by atoms with Crippen LogP contribution in [0.2, 0.25) is 0 Å². The lowest BCUT2D eigenvalue weighted by molar-refractivity contribution is -0.121. The Morgan fingerprint density at radius 2 is 2.08 bits per heavy atom. The lowest BCUT2D eigenvalue weighted by Crippen LogP contribution is -2.31. The lowest BCUT2D eigenvalue weighted by Gasteiger charge is -2.21. The van der Waals surface area contributed by atoms with Gasteiger partial charge >= 0.3 is 0 Å². The molecule has 0 spiro atoms. The largest absolute Gasteiger partial charge is 0.361 e. The molecular weight excluding hydrogens is 312 g/mol. The number of para-hydroxylation sites is 1. The summed E-state index contributed by atoms with van der Waals surface area (Å²) in [6.07, 6.45) is 5.06. The highest BCUT2D eigenvalue weighted by Gasteiger charge is 2.19. The minimum Gasteiger partial charge on any atom is -0.361 e. The van der Waals surface area contributed by atoms with E-state index in [1.54, 1.807) is 0 Å². The first-order valence-corrected chi connectivity index (χ1v) is 8.86. The minimum atomic E-state index is 0.0955. The topological polar surface area (TPSA) is 62.7 Å². The molecule has 0 bridgehead atoms. The Hall–Kier alpha value is -2.56. The first-order chi connectivity index (χ1) is 12.1. The summed E-state index contributed by atoms with van der Waals surface area (Å²) < 4.78 is 1.89. The number of hydrogen-bond acceptors (Lipinski definition) is 2. The molecule has 2 N–H and O–H groups in total. The van der Waals surface area contributed by atoms with E-state index in [1.165, 1.54) is 10.9 Å². The van der Waals surface area contributed by atoms with Gasteiger partial charge in [-0.05, 0) is 30.0 Å². The summed E-state index contributed by atoms with van der Waals surface area (Å²) >= 11 is 0. The number of aromatic amines is 1. The molecule has 0 radical (unpaired) electrons. The number of carbonyl (C=O) groups is 1. The van der Waals surface area contributed by atoms with E-state index in [1.807, 2.05) is 42.3 Å². The molecule has 2 heterocycles. The number of aryl methyl sites for hydroxylation is 2. The summed E-state index contributed by atoms with van der Waals surface area (Å²) in [6, 6.07) is 10.2. The maximum absolute atomic E-state index is 12.3. The van der Waals surface area contributed by atoms with Crippen LogP contribution in [0.3, 0.4) is 0 Å². The number of nitrogens with one attached hydrogen (secondary N) is 2. The SMILES string of the molecule is CC(C)C(CNC(=O)CCc1c[nH]c2ccccc12)c1ccnn1C. The van der Waals surface area contributed by atoms with Crippen LogP contribution >= 0.6 is 0 Å². The molecule has 5 heteroatoms. The van der Waals surface area contributed by atoms with Crippen LogP contribution in [-0.4, -0.2) is 27.2 Å². The molecule has 0 aliphatic rings. The maximum atomic E-state index is 12.3. The first kappa shape index (κ1) is 17.3. The van der Waals surface area contributed by atoms with Crippen LogP contribution < -0.4 is 5.32 Å². The number of benzene rings is 1. The number of amides is 1. The van der Waals surface area contributed by atoms with E-state index in [2.05, 4.69) is 41.4 Å². The van der Waals surface area contributed by atoms with E-state index < -0.39 is 0 Å². The second kappa shape index (κ2) is 7.55. The van der Waals surface area contributed by atoms with Crippen LogP contribution in [0.4, 0.5) is 0 Å². The molecule has 1 unspecified atom stereocenters. The summed E-state index contributed by atoms with van der Waals surface area (Å²) in [5.41, 5.74) is 3.47. The number of nitrogens with zero attached hydrogens (tertiary/aromatic N) is 2. The highest BCUT2D eigenvalue weighted by Crippen LogP contribution is 2.23. The number of carbonyl (C=O) groups excluding carboxylic acids is 1. The second-order valence-corrected chi connectivity index (χ2v) is 6.89. The molecule has 0 saturated heterocycles. The van der Waals surface area contributed by atoms with Gasteiger partial charge in [-0.3, -0.25) is 9.48 Å². The Morgan fingerprint density at radius 3 is 2.80 bits per heavy atom. The fourth-order valence-electron chi connectivity index (χ4n) is 3.33. The molecule has 2 aromatic heterocycles. The third-order valence-corrected chi connectivity index (χ3v) is 4.86. The van der Waals surface area contributed by atoms with Gasteiger partial charge in [0.15, 0.2) is 0 Å². The third kappa shape index (κ3) is 3.92. The number of fused-ring (bicyclic) bond motifs is 1. The van der Waals surface area contributed by atoms with Crippen molar-refractivity contribution in [2.45, 2.75) is 32.6 Å². The van der Waals surface area contributed by atoms with Gasteiger partial charge in [0.25, 0.3) is 0 Å². The van der Waals surface area contributed by atoms with Gasteiger partial charge in [0.2, 0.25) is 5.91 Å². The zero-order valence-electron chi connectivity index (χ0n) is 15.1. The van der Waals surface area contributed by atoms with Gasteiger partial charge in [-0.25, -0.2) is 0 Å². The molecule has 132 valence electrons. The van der Waals surface area contributed by atoms with Crippen molar-refractivity contribution in [3.05, 3.63) is 54.0 Å². The standard InChI is InChI=1S/C20H26N4O/c1-14(2)17(19-10-11-23-24(19)3)13-22-20(25)9-8-15-12-21-18-7-5-4-6-16(15)18/h4-7,10-12,14,17,21H,8-9,13H2,1-3H3,(H,22,25). The van der Waals surface area contributed by atoms with Crippen molar-refractivity contribution in [3.63, 3.8) is 0 Å². The molecule has 0 aliphatic carbocycles. The van der Waals surface area contributed by atoms with E-state index in [-0.39, 0.29) is 11.8 Å². The number of hydrogen-bond donors (Lipinski definition) is 2. The molecule has 5 nitrogen and oxygen atoms in total. The van der Waals surface area contributed by atoms with E-state index in [4.69, 9.17) is 0 Å². The Morgan fingerprint density at radius 1 is 1.28 bits per heavy atom. The average Bonchev–Trinajstić information content (AvgIpc) is 3.19. The number of aromatic nitrogens is 3. The monoisotopic (exact) mass is 338 g/mol. The van der Waals surface area contributed by atoms with Crippen molar-refractivity contribution in [2.24, 2.45) is 13.0 Å². The normalized spacial score (nSPS) is 12.6. The van der Waals surface area contributed by atoms with E-state index >= 15 is 0 Å². The van der Waals surface area contributed by atoms with Crippen molar-refractivity contribution >= 4 is 16.8 Å². The molecule has 1 amide bonds. The van der Waals surface area contributed by atoms with Gasteiger partial charge < -0.3 is 10.3 Å². The second-order valence-electron chi connectivity index (χ2n) is 6.89. The summed E-state index contributed by atoms with van der Waals surface area (Å²) in [4.78, 5) is 15.6. The fourth-order valence-corrected chi connectivity index (χ4v) is 3.33. The van der Waals surface area contributed by atoms with Gasteiger partial charge in [-0.15, -0.1) is 0 Å². The van der Waals surface area contributed by atoms with Crippen LogP contribution in [0.5, 0.6) is 0 Å². The Kier molecular flexibility index (Phi) is 5.22. The van der Waals surface area contributed by atoms with Crippen molar-refractivity contribution in [1.82, 2.24) is 20.1 Å². The quantitative estimate of drug-likeness (QED) is 0.693. The maximum Gasteiger partial charge on any atom is 0.220 e. The van der Waals surface area contributed by atoms with Crippen LogP contribution in [0.25, 0.3) is 10.9 Å². The fraction of sp³-hybridized carbons (Fsp3) is 0.400. The third-order valence-electron chi connectivity index (χ3n) is 4.86. The molecule has 25 heavy (non-hydrogen) atoms. The van der Waals surface area contributed by atoms with Crippen molar-refractivity contribution < 1.29 is 4.79 Å². The Balaban J connectivity index is 1.56. The summed E-state index contributed by atoms with van der Waals surface area (Å²) in [7, 11) is 1.95. The van der Waals surface area contributed by atoms with Crippen molar-refractivity contribution in [1.29, 1.82) is 0 Å². The average molecular weight is 338 g/mol. The first-order valence-electron chi connectivity index (χ1n) is 8.86. The highest BCUT2D eigenvalue weighted by molar-refractivity contribution is 5.84. The van der Waals surface area contributed by atoms with Crippen LogP contribution in [0.1, 0.15) is 37.4 Å². The molecule has 0 aliphatic heterocycles. The van der Waals surface area contributed by atoms with E-state index in [0.717, 1.165) is 17.6 Å². The summed E-state index contributed by atoms with van der Waals surface area (Å²) in [5, 5.41) is 8.55.